The fraction of sp³-hybridized carbons (Fsp3) is 0.235. The van der Waals surface area contributed by atoms with Crippen LogP contribution in [0.3, 0.4) is 0 Å². The van der Waals surface area contributed by atoms with Crippen molar-refractivity contribution in [3.05, 3.63) is 57.6 Å². The van der Waals surface area contributed by atoms with Crippen LogP contribution in [0.5, 0.6) is 0 Å². The van der Waals surface area contributed by atoms with Gasteiger partial charge in [0, 0.05) is 30.3 Å². The number of hydrogen-bond donors (Lipinski definition) is 1. The van der Waals surface area contributed by atoms with Crippen LogP contribution in [-0.4, -0.2) is 39.2 Å². The number of aromatic nitrogens is 1. The van der Waals surface area contributed by atoms with Crippen LogP contribution in [0.15, 0.2) is 41.9 Å². The van der Waals surface area contributed by atoms with Gasteiger partial charge in [-0.05, 0) is 25.0 Å². The van der Waals surface area contributed by atoms with Gasteiger partial charge in [-0.2, -0.15) is 0 Å². The van der Waals surface area contributed by atoms with E-state index in [-0.39, 0.29) is 17.5 Å². The predicted octanol–water partition coefficient (Wildman–Crippen LogP) is 2.69. The summed E-state index contributed by atoms with van der Waals surface area (Å²) in [6.07, 6.45) is 5.57. The van der Waals surface area contributed by atoms with Crippen molar-refractivity contribution in [3.8, 4) is 0 Å². The summed E-state index contributed by atoms with van der Waals surface area (Å²) in [5, 5.41) is 16.0. The molecule has 2 aromatic rings. The van der Waals surface area contributed by atoms with Crippen molar-refractivity contribution in [2.75, 3.05) is 11.9 Å². The van der Waals surface area contributed by atoms with Gasteiger partial charge < -0.3 is 10.2 Å². The van der Waals surface area contributed by atoms with Gasteiger partial charge in [0.1, 0.15) is 6.04 Å². The largest absolute Gasteiger partial charge is 0.327 e. The number of hydrogen-bond acceptors (Lipinski definition) is 6. The maximum absolute atomic E-state index is 12.5. The van der Waals surface area contributed by atoms with Gasteiger partial charge in [-0.15, -0.1) is 11.3 Å². The number of nitro groups is 1. The van der Waals surface area contributed by atoms with Crippen LogP contribution in [0.2, 0.25) is 0 Å². The Hall–Kier alpha value is -3.07. The van der Waals surface area contributed by atoms with Crippen LogP contribution < -0.4 is 5.32 Å². The Morgan fingerprint density at radius 3 is 2.92 bits per heavy atom. The second-order valence-corrected chi connectivity index (χ2v) is 6.56. The van der Waals surface area contributed by atoms with Crippen molar-refractivity contribution < 1.29 is 14.5 Å². The standard InChI is InChI=1S/C17H16N4O4S/c22-15(8-7-12-4-1-2-5-13(12)21(24)25)20-10-3-6-14(20)16(23)19-17-18-9-11-26-17/h1-2,4-5,7-9,11,14H,3,6,10H2,(H,18,19,23)/b8-7+. The van der Waals surface area contributed by atoms with Crippen molar-refractivity contribution in [1.82, 2.24) is 9.88 Å². The Balaban J connectivity index is 1.70. The number of nitro benzene ring substituents is 1. The van der Waals surface area contributed by atoms with E-state index in [2.05, 4.69) is 10.3 Å². The molecule has 0 radical (unpaired) electrons. The molecule has 1 atom stereocenters. The maximum atomic E-state index is 12.5. The van der Waals surface area contributed by atoms with Gasteiger partial charge in [0.2, 0.25) is 11.8 Å². The normalized spacial score (nSPS) is 16.8. The van der Waals surface area contributed by atoms with E-state index < -0.39 is 11.0 Å². The minimum absolute atomic E-state index is 0.0731. The van der Waals surface area contributed by atoms with E-state index in [4.69, 9.17) is 0 Å². The summed E-state index contributed by atoms with van der Waals surface area (Å²) in [7, 11) is 0. The Bertz CT molecular complexity index is 850. The Morgan fingerprint density at radius 2 is 2.19 bits per heavy atom. The highest BCUT2D eigenvalue weighted by Gasteiger charge is 2.33. The summed E-state index contributed by atoms with van der Waals surface area (Å²) in [5.41, 5.74) is 0.268. The number of nitrogens with zero attached hydrogens (tertiary/aromatic N) is 3. The van der Waals surface area contributed by atoms with Crippen LogP contribution in [0, 0.1) is 10.1 Å². The Labute approximate surface area is 153 Å². The molecule has 134 valence electrons. The number of nitrogens with one attached hydrogen (secondary N) is 1. The zero-order chi connectivity index (χ0) is 18.5. The highest BCUT2D eigenvalue weighted by Crippen LogP contribution is 2.22. The zero-order valence-electron chi connectivity index (χ0n) is 13.7. The highest BCUT2D eigenvalue weighted by atomic mass is 32.1. The topological polar surface area (TPSA) is 105 Å². The van der Waals surface area contributed by atoms with Crippen molar-refractivity contribution in [2.45, 2.75) is 18.9 Å². The van der Waals surface area contributed by atoms with E-state index in [0.717, 1.165) is 6.42 Å². The molecule has 0 spiro atoms. The van der Waals surface area contributed by atoms with Crippen LogP contribution in [0.4, 0.5) is 10.8 Å². The molecular weight excluding hydrogens is 356 g/mol. The summed E-state index contributed by atoms with van der Waals surface area (Å²) >= 11 is 1.31. The molecule has 1 fully saturated rings. The minimum Gasteiger partial charge on any atom is -0.327 e. The third kappa shape index (κ3) is 3.94. The van der Waals surface area contributed by atoms with E-state index in [1.165, 1.54) is 34.5 Å². The molecule has 0 saturated carbocycles. The Kier molecular flexibility index (Phi) is 5.37. The van der Waals surface area contributed by atoms with Gasteiger partial charge in [-0.1, -0.05) is 12.1 Å². The molecule has 1 N–H and O–H groups in total. The zero-order valence-corrected chi connectivity index (χ0v) is 14.5. The minimum atomic E-state index is -0.568. The van der Waals surface area contributed by atoms with Crippen LogP contribution in [0.25, 0.3) is 6.08 Å². The van der Waals surface area contributed by atoms with Crippen molar-refractivity contribution in [1.29, 1.82) is 0 Å². The molecule has 2 amide bonds. The quantitative estimate of drug-likeness (QED) is 0.493. The molecule has 26 heavy (non-hydrogen) atoms. The molecule has 3 rings (SSSR count). The number of para-hydroxylation sites is 1. The molecule has 1 aliphatic heterocycles. The summed E-state index contributed by atoms with van der Waals surface area (Å²) in [6.45, 7) is 0.468. The maximum Gasteiger partial charge on any atom is 0.276 e. The van der Waals surface area contributed by atoms with E-state index >= 15 is 0 Å². The number of benzene rings is 1. The molecule has 1 unspecified atom stereocenters. The molecule has 0 bridgehead atoms. The number of amides is 2. The number of anilines is 1. The predicted molar refractivity (Wildman–Crippen MR) is 97.6 cm³/mol. The van der Waals surface area contributed by atoms with Gasteiger partial charge in [0.05, 0.1) is 10.5 Å². The molecule has 1 saturated heterocycles. The molecule has 1 aliphatic rings. The van der Waals surface area contributed by atoms with E-state index in [1.807, 2.05) is 0 Å². The first-order chi connectivity index (χ1) is 12.6. The fourth-order valence-electron chi connectivity index (χ4n) is 2.83. The number of thiazole rings is 1. The molecule has 1 aromatic heterocycles. The number of carbonyl (C=O) groups excluding carboxylic acids is 2. The average molecular weight is 372 g/mol. The van der Waals surface area contributed by atoms with E-state index in [9.17, 15) is 19.7 Å². The lowest BCUT2D eigenvalue weighted by atomic mass is 10.1. The third-order valence-corrected chi connectivity index (χ3v) is 4.73. The lowest BCUT2D eigenvalue weighted by molar-refractivity contribution is -0.385. The van der Waals surface area contributed by atoms with E-state index in [1.54, 1.807) is 29.8 Å². The number of carbonyl (C=O) groups is 2. The van der Waals surface area contributed by atoms with Gasteiger partial charge >= 0.3 is 0 Å². The summed E-state index contributed by atoms with van der Waals surface area (Å²) < 4.78 is 0. The SMILES string of the molecule is O=C(Nc1nccs1)C1CCCN1C(=O)/C=C/c1ccccc1[N+](=O)[O-]. The average Bonchev–Trinajstić information content (AvgIpc) is 3.31. The molecule has 8 nitrogen and oxygen atoms in total. The van der Waals surface area contributed by atoms with Crippen molar-refractivity contribution >= 4 is 40.0 Å². The number of likely N-dealkylation sites (tertiary alicyclic amines) is 1. The van der Waals surface area contributed by atoms with Crippen LogP contribution in [0.1, 0.15) is 18.4 Å². The van der Waals surface area contributed by atoms with Gasteiger partial charge in [0.15, 0.2) is 5.13 Å². The summed E-state index contributed by atoms with van der Waals surface area (Å²) in [6, 6.07) is 5.61. The highest BCUT2D eigenvalue weighted by molar-refractivity contribution is 7.13. The molecule has 1 aromatic carbocycles. The number of rotatable bonds is 5. The summed E-state index contributed by atoms with van der Waals surface area (Å²) in [5.74, 6) is -0.621. The summed E-state index contributed by atoms with van der Waals surface area (Å²) in [4.78, 5) is 40.9. The second-order valence-electron chi connectivity index (χ2n) is 5.67. The fourth-order valence-corrected chi connectivity index (χ4v) is 3.36. The first-order valence-electron chi connectivity index (χ1n) is 7.98. The van der Waals surface area contributed by atoms with Gasteiger partial charge in [0.25, 0.3) is 5.69 Å². The molecule has 2 heterocycles. The second kappa shape index (κ2) is 7.87. The van der Waals surface area contributed by atoms with Crippen molar-refractivity contribution in [3.63, 3.8) is 0 Å². The first kappa shape index (κ1) is 17.7. The third-order valence-electron chi connectivity index (χ3n) is 4.04. The smallest absolute Gasteiger partial charge is 0.276 e. The Morgan fingerprint density at radius 1 is 1.38 bits per heavy atom. The first-order valence-corrected chi connectivity index (χ1v) is 8.86. The lowest BCUT2D eigenvalue weighted by Gasteiger charge is -2.22. The van der Waals surface area contributed by atoms with Crippen LogP contribution >= 0.6 is 11.3 Å². The van der Waals surface area contributed by atoms with Crippen molar-refractivity contribution in [2.24, 2.45) is 0 Å². The monoisotopic (exact) mass is 372 g/mol. The molecular formula is C17H16N4O4S. The van der Waals surface area contributed by atoms with Crippen LogP contribution in [-0.2, 0) is 9.59 Å². The molecule has 0 aliphatic carbocycles. The van der Waals surface area contributed by atoms with Gasteiger partial charge in [-0.25, -0.2) is 4.98 Å². The van der Waals surface area contributed by atoms with E-state index in [0.29, 0.717) is 23.7 Å². The molecule has 9 heteroatoms. The van der Waals surface area contributed by atoms with Gasteiger partial charge in [-0.3, -0.25) is 19.7 Å². The lowest BCUT2D eigenvalue weighted by Crippen LogP contribution is -2.42.